The van der Waals surface area contributed by atoms with Gasteiger partial charge in [0.25, 0.3) is 5.91 Å². The van der Waals surface area contributed by atoms with Gasteiger partial charge in [-0.15, -0.1) is 0 Å². The van der Waals surface area contributed by atoms with Gasteiger partial charge in [0, 0.05) is 64.2 Å². The molecule has 4 aliphatic rings. The molecule has 3 heterocycles. The van der Waals surface area contributed by atoms with E-state index >= 15 is 4.39 Å². The third-order valence-electron chi connectivity index (χ3n) is 11.8. The van der Waals surface area contributed by atoms with Gasteiger partial charge in [0.1, 0.15) is 23.4 Å². The number of nitrogens with zero attached hydrogens (tertiary/aromatic N) is 5. The standard InChI is InChI=1S/C41H51FN6O4.CH4N.W/c1-43-41(51)40-37(8-5-9-39(40)52-2)48-27-47(32-6-3-4-7-32)38-25-33(11-13-36(38)48)46-21-16-31(17-22-46)45-19-14-28(15-20-45)34-12-10-29(24-35(34)42)44-30(26-50)18-23-49;1-2;/h5,8-13,24-26,28,30-32,44,49H,1,3-4,6-7,14-23,27H2,2H3;2H,1H3;/q;-1;. The molecule has 1 atom stereocenters. The van der Waals surface area contributed by atoms with E-state index in [1.54, 1.807) is 13.2 Å². The van der Waals surface area contributed by atoms with Crippen LogP contribution in [0.15, 0.2) is 59.6 Å². The second kappa shape index (κ2) is 19.8. The summed E-state index contributed by atoms with van der Waals surface area (Å²) in [5.41, 5.74) is 11.8. The van der Waals surface area contributed by atoms with E-state index in [-0.39, 0.29) is 39.4 Å². The number of aliphatic imine (C=N–C) groups is 1. The first kappa shape index (κ1) is 42.3. The summed E-state index contributed by atoms with van der Waals surface area (Å²) in [5, 5.41) is 12.2. The normalized spacial score (nSPS) is 18.5. The number of methoxy groups -OCH3 is 1. The number of ether oxygens (including phenoxy) is 1. The Labute approximate surface area is 339 Å². The van der Waals surface area contributed by atoms with Gasteiger partial charge < -0.3 is 45.3 Å². The zero-order valence-corrected chi connectivity index (χ0v) is 35.0. The summed E-state index contributed by atoms with van der Waals surface area (Å²) in [4.78, 5) is 37.9. The maximum atomic E-state index is 15.2. The van der Waals surface area contributed by atoms with Gasteiger partial charge in [0.2, 0.25) is 0 Å². The van der Waals surface area contributed by atoms with Crippen molar-refractivity contribution in [3.63, 3.8) is 0 Å². The van der Waals surface area contributed by atoms with Crippen LogP contribution in [0.1, 0.15) is 79.6 Å². The molecule has 55 heavy (non-hydrogen) atoms. The number of amides is 1. The molecular formula is C42H55FN7O4W-. The first-order valence-corrected chi connectivity index (χ1v) is 19.4. The van der Waals surface area contributed by atoms with Crippen LogP contribution in [0.4, 0.5) is 32.8 Å². The van der Waals surface area contributed by atoms with Crippen molar-refractivity contribution in [2.75, 3.05) is 73.6 Å². The molecule has 13 heteroatoms. The van der Waals surface area contributed by atoms with E-state index in [9.17, 15) is 9.59 Å². The Balaban J connectivity index is 0.00000190. The molecule has 1 unspecified atom stereocenters. The monoisotopic (exact) mass is 924 g/mol. The molecule has 1 aliphatic carbocycles. The Morgan fingerprint density at radius 3 is 2.35 bits per heavy atom. The minimum absolute atomic E-state index is 0. The van der Waals surface area contributed by atoms with E-state index in [4.69, 9.17) is 15.6 Å². The molecule has 0 aromatic heterocycles. The quantitative estimate of drug-likeness (QED) is 0.141. The number of carbonyl (C=O) groups is 2. The zero-order valence-electron chi connectivity index (χ0n) is 32.1. The van der Waals surface area contributed by atoms with Crippen molar-refractivity contribution in [3.8, 4) is 5.75 Å². The molecule has 0 spiro atoms. The van der Waals surface area contributed by atoms with Crippen LogP contribution < -0.4 is 24.8 Å². The summed E-state index contributed by atoms with van der Waals surface area (Å²) in [7, 11) is 2.83. The molecule has 0 bridgehead atoms. The number of rotatable bonds is 12. The number of fused-ring (bicyclic) bond motifs is 1. The topological polar surface area (TPSA) is 125 Å². The van der Waals surface area contributed by atoms with Crippen molar-refractivity contribution >= 4 is 47.3 Å². The fraction of sp³-hybridized carbons (Fsp3) is 0.500. The van der Waals surface area contributed by atoms with E-state index in [2.05, 4.69) is 54.8 Å². The van der Waals surface area contributed by atoms with Gasteiger partial charge in [0.05, 0.1) is 36.9 Å². The third-order valence-corrected chi connectivity index (χ3v) is 11.8. The van der Waals surface area contributed by atoms with Crippen molar-refractivity contribution in [2.45, 2.75) is 81.8 Å². The summed E-state index contributed by atoms with van der Waals surface area (Å²) in [6.45, 7) is 7.96. The maximum absolute atomic E-state index is 15.2. The van der Waals surface area contributed by atoms with Crippen molar-refractivity contribution in [2.24, 2.45) is 4.99 Å². The number of anilines is 5. The number of halogens is 1. The molecule has 3 aliphatic heterocycles. The molecule has 296 valence electrons. The molecule has 1 amide bonds. The fourth-order valence-electron chi connectivity index (χ4n) is 8.95. The first-order valence-electron chi connectivity index (χ1n) is 19.4. The number of hydrogen-bond acceptors (Lipinski definition) is 9. The molecule has 0 radical (unpaired) electrons. The number of hydrogen-bond donors (Lipinski definition) is 2. The van der Waals surface area contributed by atoms with E-state index in [1.807, 2.05) is 24.3 Å². The van der Waals surface area contributed by atoms with Gasteiger partial charge in [-0.05, 0) is 119 Å². The van der Waals surface area contributed by atoms with Crippen LogP contribution in [-0.4, -0.2) is 101 Å². The second-order valence-corrected chi connectivity index (χ2v) is 14.6. The number of piperidine rings is 2. The first-order chi connectivity index (χ1) is 26.4. The number of nitrogens with one attached hydrogen (secondary N) is 2. The smallest absolute Gasteiger partial charge is 0.282 e. The Bertz CT molecular complexity index is 1760. The molecule has 3 fully saturated rings. The number of likely N-dealkylation sites (tertiary alicyclic amines) is 1. The molecular weight excluding hydrogens is 869 g/mol. The minimum atomic E-state index is -0.531. The molecule has 3 aromatic rings. The SMILES string of the molecule is C=NC(=O)c1c(OC)cccc1N1CN(C2CCCC2)c2cc(N3CCC(N4CCC(c5ccc(NC(C=O)CCO)cc5F)CC4)CC3)ccc21.C[NH-].[W]. The zero-order chi connectivity index (χ0) is 38.2. The van der Waals surface area contributed by atoms with Gasteiger partial charge in [-0.2, -0.15) is 7.05 Å². The molecule has 11 nitrogen and oxygen atoms in total. The van der Waals surface area contributed by atoms with Crippen LogP contribution in [0.3, 0.4) is 0 Å². The minimum Gasteiger partial charge on any atom is -0.680 e. The molecule has 7 rings (SSSR count). The van der Waals surface area contributed by atoms with Crippen LogP contribution >= 0.6 is 0 Å². The molecule has 3 N–H and O–H groups in total. The van der Waals surface area contributed by atoms with Crippen LogP contribution in [0.2, 0.25) is 0 Å². The van der Waals surface area contributed by atoms with Crippen molar-refractivity contribution < 1.29 is 44.9 Å². The van der Waals surface area contributed by atoms with Crippen LogP contribution in [0, 0.1) is 5.82 Å². The molecule has 1 saturated carbocycles. The Morgan fingerprint density at radius 1 is 0.982 bits per heavy atom. The third kappa shape index (κ3) is 9.25. The summed E-state index contributed by atoms with van der Waals surface area (Å²) >= 11 is 0. The second-order valence-electron chi connectivity index (χ2n) is 14.6. The maximum Gasteiger partial charge on any atom is 0.282 e. The van der Waals surface area contributed by atoms with E-state index in [0.29, 0.717) is 42.2 Å². The van der Waals surface area contributed by atoms with Crippen LogP contribution in [0.5, 0.6) is 5.75 Å². The largest absolute Gasteiger partial charge is 0.680 e. The summed E-state index contributed by atoms with van der Waals surface area (Å²) in [5.74, 6) is 0.0495. The Kier molecular flexibility index (Phi) is 15.3. The van der Waals surface area contributed by atoms with E-state index in [1.165, 1.54) is 50.2 Å². The summed E-state index contributed by atoms with van der Waals surface area (Å²) in [6.07, 6.45) is 9.87. The fourth-order valence-corrected chi connectivity index (χ4v) is 8.95. The number of aliphatic hydroxyl groups excluding tert-OH is 1. The average Bonchev–Trinajstić information content (AvgIpc) is 3.89. The van der Waals surface area contributed by atoms with Gasteiger partial charge >= 0.3 is 0 Å². The van der Waals surface area contributed by atoms with E-state index < -0.39 is 11.9 Å². The number of carbonyl (C=O) groups excluding carboxylic acids is 2. The van der Waals surface area contributed by atoms with Crippen molar-refractivity contribution in [1.29, 1.82) is 0 Å². The molecule has 2 saturated heterocycles. The summed E-state index contributed by atoms with van der Waals surface area (Å²) < 4.78 is 20.8. The predicted octanol–water partition coefficient (Wildman–Crippen LogP) is 7.41. The Hall–Kier alpha value is -3.83. The van der Waals surface area contributed by atoms with Crippen molar-refractivity contribution in [1.82, 2.24) is 4.90 Å². The van der Waals surface area contributed by atoms with Gasteiger partial charge in [0.15, 0.2) is 0 Å². The van der Waals surface area contributed by atoms with Crippen LogP contribution in [-0.2, 0) is 25.9 Å². The predicted molar refractivity (Wildman–Crippen MR) is 216 cm³/mol. The number of aliphatic hydroxyl groups is 1. The number of aldehydes is 1. The number of benzene rings is 3. The average molecular weight is 925 g/mol. The molecule has 3 aromatic carbocycles. The van der Waals surface area contributed by atoms with Gasteiger partial charge in [-0.1, -0.05) is 25.0 Å². The van der Waals surface area contributed by atoms with Crippen molar-refractivity contribution in [3.05, 3.63) is 77.3 Å². The van der Waals surface area contributed by atoms with Gasteiger partial charge in [-0.3, -0.25) is 4.79 Å². The Morgan fingerprint density at radius 2 is 1.71 bits per heavy atom. The van der Waals surface area contributed by atoms with Crippen LogP contribution in [0.25, 0.3) is 5.73 Å². The summed E-state index contributed by atoms with van der Waals surface area (Å²) in [6, 6.07) is 18.1. The van der Waals surface area contributed by atoms with Gasteiger partial charge in [-0.25, -0.2) is 9.38 Å². The van der Waals surface area contributed by atoms with E-state index in [0.717, 1.165) is 75.1 Å².